The number of anilines is 1. The Morgan fingerprint density at radius 3 is 2.70 bits per heavy atom. The third-order valence-electron chi connectivity index (χ3n) is 2.77. The third kappa shape index (κ3) is 4.17. The lowest BCUT2D eigenvalue weighted by Gasteiger charge is -2.08. The molecule has 0 aliphatic heterocycles. The van der Waals surface area contributed by atoms with Crippen LogP contribution in [0.1, 0.15) is 19.8 Å². The normalized spacial score (nSPS) is 14.8. The van der Waals surface area contributed by atoms with Crippen molar-refractivity contribution in [1.82, 2.24) is 15.0 Å². The minimum atomic E-state index is -3.70. The summed E-state index contributed by atoms with van der Waals surface area (Å²) in [7, 11) is -3.70. The Kier molecular flexibility index (Phi) is 4.56. The Labute approximate surface area is 118 Å². The summed E-state index contributed by atoms with van der Waals surface area (Å²) >= 11 is 0. The maximum Gasteiger partial charge on any atom is 0.242 e. The van der Waals surface area contributed by atoms with Crippen molar-refractivity contribution in [1.29, 1.82) is 0 Å². The first-order chi connectivity index (χ1) is 9.51. The summed E-state index contributed by atoms with van der Waals surface area (Å²) in [5.41, 5.74) is 0. The second-order valence-corrected chi connectivity index (χ2v) is 6.34. The molecule has 0 spiro atoms. The van der Waals surface area contributed by atoms with Crippen molar-refractivity contribution in [3.05, 3.63) is 18.3 Å². The van der Waals surface area contributed by atoms with E-state index in [9.17, 15) is 13.2 Å². The number of nitrogens with zero attached hydrogens (tertiary/aromatic N) is 1. The number of amides is 1. The number of rotatable bonds is 7. The summed E-state index contributed by atoms with van der Waals surface area (Å²) in [4.78, 5) is 15.5. The van der Waals surface area contributed by atoms with E-state index in [-0.39, 0.29) is 23.4 Å². The Morgan fingerprint density at radius 2 is 2.15 bits per heavy atom. The van der Waals surface area contributed by atoms with Gasteiger partial charge in [0.05, 0.1) is 6.54 Å². The second-order valence-electron chi connectivity index (χ2n) is 4.58. The van der Waals surface area contributed by atoms with Gasteiger partial charge < -0.3 is 10.6 Å². The topological polar surface area (TPSA) is 100 Å². The number of aromatic nitrogens is 1. The summed E-state index contributed by atoms with van der Waals surface area (Å²) < 4.78 is 26.2. The van der Waals surface area contributed by atoms with Crippen LogP contribution >= 0.6 is 0 Å². The first-order valence-corrected chi connectivity index (χ1v) is 7.98. The van der Waals surface area contributed by atoms with Crippen LogP contribution in [0.5, 0.6) is 0 Å². The Morgan fingerprint density at radius 1 is 1.40 bits per heavy atom. The van der Waals surface area contributed by atoms with Crippen molar-refractivity contribution < 1.29 is 13.2 Å². The summed E-state index contributed by atoms with van der Waals surface area (Å²) in [6.07, 6.45) is 3.20. The highest BCUT2D eigenvalue weighted by atomic mass is 32.2. The molecule has 8 heteroatoms. The molecule has 3 N–H and O–H groups in total. The zero-order valence-corrected chi connectivity index (χ0v) is 12.0. The highest BCUT2D eigenvalue weighted by Gasteiger charge is 2.24. The van der Waals surface area contributed by atoms with Gasteiger partial charge in [-0.3, -0.25) is 4.79 Å². The molecule has 1 aromatic heterocycles. The lowest BCUT2D eigenvalue weighted by Crippen LogP contribution is -2.37. The van der Waals surface area contributed by atoms with Crippen LogP contribution in [0.3, 0.4) is 0 Å². The lowest BCUT2D eigenvalue weighted by atomic mass is 10.4. The molecule has 1 saturated carbocycles. The molecule has 0 saturated heterocycles. The molecule has 0 radical (unpaired) electrons. The Balaban J connectivity index is 1.92. The van der Waals surface area contributed by atoms with Crippen LogP contribution in [0.25, 0.3) is 0 Å². The molecule has 110 valence electrons. The zero-order valence-electron chi connectivity index (χ0n) is 11.2. The second kappa shape index (κ2) is 6.19. The van der Waals surface area contributed by atoms with Gasteiger partial charge in [-0.15, -0.1) is 0 Å². The fourth-order valence-electron chi connectivity index (χ4n) is 1.58. The number of carbonyl (C=O) groups excluding carboxylic acids is 1. The minimum Gasteiger partial charge on any atom is -0.370 e. The summed E-state index contributed by atoms with van der Waals surface area (Å²) in [6, 6.07) is 3.25. The van der Waals surface area contributed by atoms with Crippen molar-refractivity contribution in [3.63, 3.8) is 0 Å². The molecule has 0 aromatic carbocycles. The van der Waals surface area contributed by atoms with Crippen molar-refractivity contribution >= 4 is 21.7 Å². The van der Waals surface area contributed by atoms with Gasteiger partial charge in [0.2, 0.25) is 15.9 Å². The smallest absolute Gasteiger partial charge is 0.242 e. The van der Waals surface area contributed by atoms with Crippen LogP contribution in [0, 0.1) is 0 Å². The predicted octanol–water partition coefficient (Wildman–Crippen LogP) is 0.0703. The van der Waals surface area contributed by atoms with E-state index in [4.69, 9.17) is 0 Å². The number of hydrogen-bond acceptors (Lipinski definition) is 5. The first-order valence-electron chi connectivity index (χ1n) is 6.50. The van der Waals surface area contributed by atoms with Gasteiger partial charge in [-0.05, 0) is 31.9 Å². The van der Waals surface area contributed by atoms with E-state index in [1.54, 1.807) is 6.07 Å². The van der Waals surface area contributed by atoms with E-state index < -0.39 is 10.0 Å². The van der Waals surface area contributed by atoms with Crippen LogP contribution < -0.4 is 15.4 Å². The molecule has 1 aromatic rings. The maximum absolute atomic E-state index is 12.0. The van der Waals surface area contributed by atoms with E-state index in [2.05, 4.69) is 20.3 Å². The fourth-order valence-corrected chi connectivity index (χ4v) is 2.50. The van der Waals surface area contributed by atoms with E-state index in [0.717, 1.165) is 12.8 Å². The maximum atomic E-state index is 12.0. The van der Waals surface area contributed by atoms with Gasteiger partial charge in [0.25, 0.3) is 0 Å². The molecular weight excluding hydrogens is 280 g/mol. The van der Waals surface area contributed by atoms with E-state index >= 15 is 0 Å². The van der Waals surface area contributed by atoms with Gasteiger partial charge in [0.1, 0.15) is 10.7 Å². The molecule has 20 heavy (non-hydrogen) atoms. The number of pyridine rings is 1. The summed E-state index contributed by atoms with van der Waals surface area (Å²) in [6.45, 7) is 2.37. The van der Waals surface area contributed by atoms with E-state index in [0.29, 0.717) is 12.4 Å². The largest absolute Gasteiger partial charge is 0.370 e. The molecule has 0 bridgehead atoms. The van der Waals surface area contributed by atoms with Crippen molar-refractivity contribution in [3.8, 4) is 0 Å². The van der Waals surface area contributed by atoms with Crippen LogP contribution in [-0.4, -0.2) is 38.4 Å². The van der Waals surface area contributed by atoms with Gasteiger partial charge in [0.15, 0.2) is 0 Å². The zero-order chi connectivity index (χ0) is 14.6. The molecule has 1 fully saturated rings. The Bertz CT molecular complexity index is 567. The van der Waals surface area contributed by atoms with Crippen molar-refractivity contribution in [2.24, 2.45) is 0 Å². The highest BCUT2D eigenvalue weighted by Crippen LogP contribution is 2.18. The first kappa shape index (κ1) is 14.7. The monoisotopic (exact) mass is 298 g/mol. The number of carbonyl (C=O) groups is 1. The van der Waals surface area contributed by atoms with Gasteiger partial charge >= 0.3 is 0 Å². The van der Waals surface area contributed by atoms with Gasteiger partial charge in [-0.1, -0.05) is 0 Å². The molecule has 1 aliphatic rings. The highest BCUT2D eigenvalue weighted by molar-refractivity contribution is 7.89. The van der Waals surface area contributed by atoms with Gasteiger partial charge in [-0.2, -0.15) is 0 Å². The van der Waals surface area contributed by atoms with Gasteiger partial charge in [-0.25, -0.2) is 18.1 Å². The summed E-state index contributed by atoms with van der Waals surface area (Å²) in [5, 5.41) is 5.69. The number of hydrogen-bond donors (Lipinski definition) is 3. The SMILES string of the molecule is CCNc1ccc(S(=O)(=O)NCC(=O)NC2CC2)cn1. The minimum absolute atomic E-state index is 0.0402. The predicted molar refractivity (Wildman–Crippen MR) is 74.8 cm³/mol. The molecule has 1 amide bonds. The standard InChI is InChI=1S/C12H18N4O3S/c1-2-13-11-6-5-10(7-14-11)20(18,19)15-8-12(17)16-9-3-4-9/h5-7,9,15H,2-4,8H2,1H3,(H,13,14)(H,16,17). The number of sulfonamides is 1. The number of nitrogens with one attached hydrogen (secondary N) is 3. The quantitative estimate of drug-likeness (QED) is 0.661. The average molecular weight is 298 g/mol. The lowest BCUT2D eigenvalue weighted by molar-refractivity contribution is -0.120. The van der Waals surface area contributed by atoms with E-state index in [1.807, 2.05) is 6.92 Å². The third-order valence-corrected chi connectivity index (χ3v) is 4.16. The molecule has 0 atom stereocenters. The van der Waals surface area contributed by atoms with Gasteiger partial charge in [0, 0.05) is 18.8 Å². The van der Waals surface area contributed by atoms with E-state index in [1.165, 1.54) is 12.3 Å². The molecular formula is C12H18N4O3S. The fraction of sp³-hybridized carbons (Fsp3) is 0.500. The average Bonchev–Trinajstić information content (AvgIpc) is 3.22. The molecule has 0 unspecified atom stereocenters. The van der Waals surface area contributed by atoms with Crippen molar-refractivity contribution in [2.75, 3.05) is 18.4 Å². The Hall–Kier alpha value is -1.67. The molecule has 7 nitrogen and oxygen atoms in total. The van der Waals surface area contributed by atoms with Crippen LogP contribution in [0.15, 0.2) is 23.2 Å². The van der Waals surface area contributed by atoms with Crippen LogP contribution in [0.4, 0.5) is 5.82 Å². The van der Waals surface area contributed by atoms with Crippen LogP contribution in [0.2, 0.25) is 0 Å². The molecule has 1 heterocycles. The molecule has 1 aliphatic carbocycles. The molecule has 2 rings (SSSR count). The van der Waals surface area contributed by atoms with Crippen LogP contribution in [-0.2, 0) is 14.8 Å². The van der Waals surface area contributed by atoms with Crippen molar-refractivity contribution in [2.45, 2.75) is 30.7 Å². The summed E-state index contributed by atoms with van der Waals surface area (Å²) in [5.74, 6) is 0.297.